The molecule has 0 unspecified atom stereocenters. The highest BCUT2D eigenvalue weighted by atomic mass is 32.2. The molecule has 4 aromatic rings. The quantitative estimate of drug-likeness (QED) is 0.324. The summed E-state index contributed by atoms with van der Waals surface area (Å²) in [6.07, 6.45) is 3.45. The zero-order valence-electron chi connectivity index (χ0n) is 20.9. The maximum atomic E-state index is 13.2. The Labute approximate surface area is 214 Å². The number of alkyl halides is 2. The van der Waals surface area contributed by atoms with Gasteiger partial charge in [0.1, 0.15) is 10.6 Å². The summed E-state index contributed by atoms with van der Waals surface area (Å²) in [5.74, 6) is 0.808. The molecule has 2 aromatic heterocycles. The van der Waals surface area contributed by atoms with Crippen molar-refractivity contribution in [2.75, 3.05) is 20.2 Å². The molecule has 0 N–H and O–H groups in total. The molecule has 1 aliphatic rings. The SMILES string of the molecule is COc1ccc(Cn2c(C)c(C3=CCN(S(=O)(=O)c4cnn(C(F)F)c4C)CC3)c3ccccc32)cc1. The number of sulfonamides is 1. The molecule has 0 radical (unpaired) electrons. The van der Waals surface area contributed by atoms with Crippen LogP contribution in [-0.4, -0.2) is 47.3 Å². The Kier molecular flexibility index (Phi) is 6.63. The Hall–Kier alpha value is -3.50. The molecule has 0 bridgehead atoms. The summed E-state index contributed by atoms with van der Waals surface area (Å²) in [6, 6.07) is 16.2. The van der Waals surface area contributed by atoms with Crippen LogP contribution in [0.1, 0.15) is 35.5 Å². The molecular weight excluding hydrogens is 498 g/mol. The van der Waals surface area contributed by atoms with Crippen LogP contribution in [-0.2, 0) is 16.6 Å². The van der Waals surface area contributed by atoms with Gasteiger partial charge in [0.15, 0.2) is 0 Å². The van der Waals surface area contributed by atoms with Crippen LogP contribution >= 0.6 is 0 Å². The largest absolute Gasteiger partial charge is 0.497 e. The molecule has 2 aromatic carbocycles. The summed E-state index contributed by atoms with van der Waals surface area (Å²) in [5.41, 5.74) is 5.48. The summed E-state index contributed by atoms with van der Waals surface area (Å²) in [5, 5.41) is 4.68. The standard InChI is InChI=1S/C27H28F2N4O3S/c1-18-25(16-30-33(18)27(28)29)37(34,35)31-14-12-21(13-15-31)26-19(2)32(24-7-5-4-6-23(24)26)17-20-8-10-22(36-3)11-9-20/h4-12,16,27H,13-15,17H2,1-3H3. The minimum atomic E-state index is -3.95. The smallest absolute Gasteiger partial charge is 0.333 e. The van der Waals surface area contributed by atoms with E-state index >= 15 is 0 Å². The molecule has 0 saturated heterocycles. The number of ether oxygens (including phenoxy) is 1. The van der Waals surface area contributed by atoms with E-state index in [1.807, 2.05) is 42.5 Å². The molecule has 0 fully saturated rings. The van der Waals surface area contributed by atoms with Gasteiger partial charge in [0.05, 0.1) is 19.0 Å². The van der Waals surface area contributed by atoms with E-state index in [9.17, 15) is 17.2 Å². The first-order valence-electron chi connectivity index (χ1n) is 11.9. The molecule has 0 spiro atoms. The maximum Gasteiger partial charge on any atom is 0.333 e. The predicted octanol–water partition coefficient (Wildman–Crippen LogP) is 5.38. The summed E-state index contributed by atoms with van der Waals surface area (Å²) in [6.45, 7) is 1.65. The molecule has 0 amide bonds. The minimum Gasteiger partial charge on any atom is -0.497 e. The predicted molar refractivity (Wildman–Crippen MR) is 138 cm³/mol. The number of para-hydroxylation sites is 1. The number of fused-ring (bicyclic) bond motifs is 1. The van der Waals surface area contributed by atoms with Gasteiger partial charge >= 0.3 is 6.55 Å². The second-order valence-electron chi connectivity index (χ2n) is 9.07. The van der Waals surface area contributed by atoms with Gasteiger partial charge in [0.25, 0.3) is 0 Å². The number of halogens is 2. The van der Waals surface area contributed by atoms with Gasteiger partial charge in [-0.1, -0.05) is 36.4 Å². The van der Waals surface area contributed by atoms with Gasteiger partial charge < -0.3 is 9.30 Å². The van der Waals surface area contributed by atoms with Gasteiger partial charge in [-0.3, -0.25) is 0 Å². The minimum absolute atomic E-state index is 0.0674. The molecule has 5 rings (SSSR count). The average molecular weight is 527 g/mol. The van der Waals surface area contributed by atoms with E-state index in [1.165, 1.54) is 11.2 Å². The molecule has 7 nitrogen and oxygen atoms in total. The van der Waals surface area contributed by atoms with E-state index in [2.05, 4.69) is 28.7 Å². The maximum absolute atomic E-state index is 13.2. The van der Waals surface area contributed by atoms with Crippen LogP contribution in [0.5, 0.6) is 5.75 Å². The van der Waals surface area contributed by atoms with Crippen molar-refractivity contribution in [2.45, 2.75) is 38.3 Å². The first-order chi connectivity index (χ1) is 17.7. The van der Waals surface area contributed by atoms with E-state index in [4.69, 9.17) is 4.74 Å². The van der Waals surface area contributed by atoms with Crippen molar-refractivity contribution in [2.24, 2.45) is 0 Å². The molecule has 0 saturated carbocycles. The van der Waals surface area contributed by atoms with Gasteiger partial charge in [-0.2, -0.15) is 18.2 Å². The van der Waals surface area contributed by atoms with Gasteiger partial charge in [-0.25, -0.2) is 13.1 Å². The Morgan fingerprint density at radius 3 is 2.41 bits per heavy atom. The second-order valence-corrected chi connectivity index (χ2v) is 11.0. The zero-order chi connectivity index (χ0) is 26.3. The number of aromatic nitrogens is 3. The average Bonchev–Trinajstić information content (AvgIpc) is 3.42. The molecule has 3 heterocycles. The fourth-order valence-corrected chi connectivity index (χ4v) is 6.57. The summed E-state index contributed by atoms with van der Waals surface area (Å²) >= 11 is 0. The van der Waals surface area contributed by atoms with Crippen molar-refractivity contribution >= 4 is 26.5 Å². The Bertz CT molecular complexity index is 1590. The molecule has 37 heavy (non-hydrogen) atoms. The molecule has 1 aliphatic heterocycles. The van der Waals surface area contributed by atoms with E-state index in [0.717, 1.165) is 45.2 Å². The van der Waals surface area contributed by atoms with Crippen molar-refractivity contribution < 1.29 is 21.9 Å². The first-order valence-corrected chi connectivity index (χ1v) is 13.4. The van der Waals surface area contributed by atoms with Crippen LogP contribution in [0, 0.1) is 13.8 Å². The first kappa shape index (κ1) is 25.2. The lowest BCUT2D eigenvalue weighted by molar-refractivity contribution is 0.0541. The van der Waals surface area contributed by atoms with Crippen LogP contribution < -0.4 is 4.74 Å². The zero-order valence-corrected chi connectivity index (χ0v) is 21.7. The van der Waals surface area contributed by atoms with Crippen molar-refractivity contribution in [1.29, 1.82) is 0 Å². The van der Waals surface area contributed by atoms with Crippen molar-refractivity contribution in [3.8, 4) is 5.75 Å². The fraction of sp³-hybridized carbons (Fsp3) is 0.296. The fourth-order valence-electron chi connectivity index (χ4n) is 5.05. The van der Waals surface area contributed by atoms with Crippen LogP contribution in [0.3, 0.4) is 0 Å². The third-order valence-corrected chi connectivity index (χ3v) is 8.99. The summed E-state index contributed by atoms with van der Waals surface area (Å²) in [7, 11) is -2.30. The highest BCUT2D eigenvalue weighted by Crippen LogP contribution is 2.36. The second kappa shape index (κ2) is 9.75. The number of methoxy groups -OCH3 is 1. The van der Waals surface area contributed by atoms with Gasteiger partial charge in [0.2, 0.25) is 10.0 Å². The van der Waals surface area contributed by atoms with Crippen molar-refractivity contribution in [3.63, 3.8) is 0 Å². The highest BCUT2D eigenvalue weighted by molar-refractivity contribution is 7.89. The Morgan fingerprint density at radius 2 is 1.78 bits per heavy atom. The van der Waals surface area contributed by atoms with Crippen molar-refractivity contribution in [3.05, 3.63) is 83.3 Å². The molecule has 0 atom stereocenters. The third kappa shape index (κ3) is 4.44. The van der Waals surface area contributed by atoms with Crippen LogP contribution in [0.2, 0.25) is 0 Å². The third-order valence-electron chi connectivity index (χ3n) is 7.03. The summed E-state index contributed by atoms with van der Waals surface area (Å²) < 4.78 is 62.0. The van der Waals surface area contributed by atoms with E-state index < -0.39 is 16.6 Å². The number of hydrogen-bond donors (Lipinski definition) is 0. The molecule has 0 aliphatic carbocycles. The Morgan fingerprint density at radius 1 is 1.05 bits per heavy atom. The number of hydrogen-bond acceptors (Lipinski definition) is 4. The van der Waals surface area contributed by atoms with E-state index in [0.29, 0.717) is 17.6 Å². The van der Waals surface area contributed by atoms with E-state index in [-0.39, 0.29) is 23.7 Å². The lowest BCUT2D eigenvalue weighted by atomic mass is 9.97. The van der Waals surface area contributed by atoms with Gasteiger partial charge in [0, 0.05) is 41.8 Å². The monoisotopic (exact) mass is 526 g/mol. The molecular formula is C27H28F2N4O3S. The number of nitrogens with zero attached hydrogens (tertiary/aromatic N) is 4. The number of rotatable bonds is 7. The lowest BCUT2D eigenvalue weighted by Crippen LogP contribution is -2.35. The van der Waals surface area contributed by atoms with Crippen molar-refractivity contribution in [1.82, 2.24) is 18.7 Å². The van der Waals surface area contributed by atoms with Crippen LogP contribution in [0.15, 0.2) is 65.7 Å². The molecule has 10 heteroatoms. The highest BCUT2D eigenvalue weighted by Gasteiger charge is 2.31. The topological polar surface area (TPSA) is 69.4 Å². The van der Waals surface area contributed by atoms with Crippen LogP contribution in [0.4, 0.5) is 8.78 Å². The Balaban J connectivity index is 1.46. The normalized spacial score (nSPS) is 14.9. The van der Waals surface area contributed by atoms with Crippen LogP contribution in [0.25, 0.3) is 16.5 Å². The van der Waals surface area contributed by atoms with Gasteiger partial charge in [-0.15, -0.1) is 0 Å². The van der Waals surface area contributed by atoms with Gasteiger partial charge in [-0.05, 0) is 49.6 Å². The lowest BCUT2D eigenvalue weighted by Gasteiger charge is -2.26. The summed E-state index contributed by atoms with van der Waals surface area (Å²) in [4.78, 5) is -0.183. The number of benzene rings is 2. The van der Waals surface area contributed by atoms with E-state index in [1.54, 1.807) is 7.11 Å². The molecule has 194 valence electrons.